The molecule has 4 aromatic rings. The fourth-order valence-corrected chi connectivity index (χ4v) is 4.93. The number of benzene rings is 1. The first-order valence-electron chi connectivity index (χ1n) is 12.3. The van der Waals surface area contributed by atoms with Gasteiger partial charge >= 0.3 is 0 Å². The minimum atomic E-state index is -0.00989. The third-order valence-corrected chi connectivity index (χ3v) is 7.40. The minimum Gasteiger partial charge on any atom is -0.493 e. The van der Waals surface area contributed by atoms with Gasteiger partial charge in [0.25, 0.3) is 0 Å². The van der Waals surface area contributed by atoms with Crippen LogP contribution in [-0.2, 0) is 4.79 Å². The average molecular weight is 488 g/mol. The Hall–Kier alpha value is -3.72. The number of likely N-dealkylation sites (N-methyl/N-ethyl adjacent to an activating group) is 2. The summed E-state index contributed by atoms with van der Waals surface area (Å²) in [5.41, 5.74) is 6.69. The quantitative estimate of drug-likeness (QED) is 0.421. The molecule has 1 N–H and O–H groups in total. The van der Waals surface area contributed by atoms with E-state index >= 15 is 0 Å². The van der Waals surface area contributed by atoms with Crippen molar-refractivity contribution >= 4 is 11.6 Å². The number of methoxy groups -OCH3 is 1. The molecule has 2 atom stereocenters. The van der Waals surface area contributed by atoms with Gasteiger partial charge in [-0.25, -0.2) is 9.50 Å². The molecule has 1 aliphatic rings. The summed E-state index contributed by atoms with van der Waals surface area (Å²) >= 11 is 0. The Labute approximate surface area is 211 Å². The first-order valence-corrected chi connectivity index (χ1v) is 12.3. The van der Waals surface area contributed by atoms with E-state index in [1.807, 2.05) is 31.3 Å². The largest absolute Gasteiger partial charge is 0.493 e. The van der Waals surface area contributed by atoms with Crippen molar-refractivity contribution in [3.05, 3.63) is 54.0 Å². The van der Waals surface area contributed by atoms with Gasteiger partial charge in [0.2, 0.25) is 5.91 Å². The number of amides is 1. The molecule has 0 aliphatic carbocycles. The zero-order valence-electron chi connectivity index (χ0n) is 21.7. The van der Waals surface area contributed by atoms with Gasteiger partial charge in [-0.3, -0.25) is 14.8 Å². The van der Waals surface area contributed by atoms with Crippen molar-refractivity contribution in [3.8, 4) is 28.3 Å². The molecule has 1 fully saturated rings. The summed E-state index contributed by atoms with van der Waals surface area (Å²) in [6, 6.07) is 10.3. The number of aromatic amines is 1. The number of aromatic nitrogens is 5. The number of hydrogen-bond donors (Lipinski definition) is 1. The third kappa shape index (κ3) is 4.03. The van der Waals surface area contributed by atoms with Crippen LogP contribution in [0.5, 0.6) is 5.75 Å². The van der Waals surface area contributed by atoms with Crippen LogP contribution in [0.4, 0.5) is 0 Å². The van der Waals surface area contributed by atoms with Crippen molar-refractivity contribution < 1.29 is 9.53 Å². The number of hydrogen-bond acceptors (Lipinski definition) is 6. The van der Waals surface area contributed by atoms with Crippen molar-refractivity contribution in [2.75, 3.05) is 27.7 Å². The Bertz CT molecular complexity index is 1390. The van der Waals surface area contributed by atoms with E-state index in [4.69, 9.17) is 9.84 Å². The van der Waals surface area contributed by atoms with Crippen LogP contribution in [0.2, 0.25) is 0 Å². The van der Waals surface area contributed by atoms with Gasteiger partial charge in [0.15, 0.2) is 11.4 Å². The molecule has 4 heterocycles. The monoisotopic (exact) mass is 487 g/mol. The number of rotatable bonds is 7. The van der Waals surface area contributed by atoms with Crippen LogP contribution in [0.25, 0.3) is 28.2 Å². The number of fused-ring (bicyclic) bond motifs is 1. The van der Waals surface area contributed by atoms with Gasteiger partial charge in [0.1, 0.15) is 6.33 Å². The second-order valence-electron chi connectivity index (χ2n) is 9.87. The first kappa shape index (κ1) is 24.0. The number of nitrogens with one attached hydrogen (secondary N) is 1. The fourth-order valence-electron chi connectivity index (χ4n) is 4.93. The van der Waals surface area contributed by atoms with E-state index < -0.39 is 0 Å². The van der Waals surface area contributed by atoms with Crippen molar-refractivity contribution in [3.63, 3.8) is 0 Å². The van der Waals surface area contributed by atoms with E-state index in [2.05, 4.69) is 65.1 Å². The zero-order valence-corrected chi connectivity index (χ0v) is 21.7. The summed E-state index contributed by atoms with van der Waals surface area (Å²) in [7, 11) is 5.53. The molecule has 3 aromatic heterocycles. The lowest BCUT2D eigenvalue weighted by atomic mass is 9.93. The molecule has 1 amide bonds. The van der Waals surface area contributed by atoms with Crippen LogP contribution >= 0.6 is 0 Å². The topological polar surface area (TPSA) is 91.7 Å². The van der Waals surface area contributed by atoms with Gasteiger partial charge in [-0.2, -0.15) is 10.2 Å². The van der Waals surface area contributed by atoms with Crippen LogP contribution in [0, 0.1) is 0 Å². The van der Waals surface area contributed by atoms with Crippen molar-refractivity contribution in [1.29, 1.82) is 0 Å². The predicted octanol–water partition coefficient (Wildman–Crippen LogP) is 4.14. The normalized spacial score (nSPS) is 16.8. The lowest BCUT2D eigenvalue weighted by Crippen LogP contribution is -2.54. The number of ether oxygens (including phenoxy) is 1. The Balaban J connectivity index is 1.45. The summed E-state index contributed by atoms with van der Waals surface area (Å²) in [5, 5.41) is 12.3. The van der Waals surface area contributed by atoms with Crippen LogP contribution in [0.1, 0.15) is 50.3 Å². The van der Waals surface area contributed by atoms with Crippen molar-refractivity contribution in [2.24, 2.45) is 0 Å². The number of nitrogens with zero attached hydrogens (tertiary/aromatic N) is 6. The van der Waals surface area contributed by atoms with Gasteiger partial charge in [0.05, 0.1) is 30.6 Å². The highest BCUT2D eigenvalue weighted by Crippen LogP contribution is 2.37. The molecule has 5 rings (SSSR count). The third-order valence-electron chi connectivity index (χ3n) is 7.40. The summed E-state index contributed by atoms with van der Waals surface area (Å²) in [5.74, 6) is 1.06. The fraction of sp³-hybridized carbons (Fsp3) is 0.407. The molecular weight excluding hydrogens is 454 g/mol. The lowest BCUT2D eigenvalue weighted by molar-refractivity contribution is -0.141. The highest BCUT2D eigenvalue weighted by Gasteiger charge is 2.34. The maximum absolute atomic E-state index is 12.9. The Morgan fingerprint density at radius 2 is 1.94 bits per heavy atom. The highest BCUT2D eigenvalue weighted by atomic mass is 16.5. The average Bonchev–Trinajstić information content (AvgIpc) is 3.53. The van der Waals surface area contributed by atoms with E-state index in [1.165, 1.54) is 6.33 Å². The molecule has 0 saturated carbocycles. The van der Waals surface area contributed by atoms with Crippen LogP contribution in [0.3, 0.4) is 0 Å². The van der Waals surface area contributed by atoms with Gasteiger partial charge in [-0.1, -0.05) is 38.1 Å². The van der Waals surface area contributed by atoms with E-state index in [9.17, 15) is 4.79 Å². The van der Waals surface area contributed by atoms with Gasteiger partial charge < -0.3 is 9.64 Å². The minimum absolute atomic E-state index is 0.00380. The molecule has 188 valence electrons. The van der Waals surface area contributed by atoms with Crippen molar-refractivity contribution in [1.82, 2.24) is 34.6 Å². The number of H-pyrrole nitrogens is 1. The van der Waals surface area contributed by atoms with E-state index in [0.717, 1.165) is 46.6 Å². The molecule has 0 bridgehead atoms. The smallest absolute Gasteiger partial charge is 0.240 e. The lowest BCUT2D eigenvalue weighted by Gasteiger charge is -2.40. The molecule has 1 aliphatic heterocycles. The standard InChI is InChI=1S/C27H33N7O2/c1-16(2)23-24(30-31-25(23)20-13-22(36-6)26-28-15-29-34(26)14-20)19-9-7-18(8-10-19)17(3)33(5)27(35)21-11-12-32(21)4/h7-10,13-17,21H,11-12H2,1-6H3,(H,30,31)/t17?,21-/m0/s1. The number of carbonyl (C=O) groups is 1. The van der Waals surface area contributed by atoms with E-state index in [1.54, 1.807) is 11.6 Å². The van der Waals surface area contributed by atoms with E-state index in [0.29, 0.717) is 11.4 Å². The van der Waals surface area contributed by atoms with E-state index in [-0.39, 0.29) is 23.9 Å². The number of likely N-dealkylation sites (tertiary alicyclic amines) is 1. The van der Waals surface area contributed by atoms with Crippen LogP contribution < -0.4 is 4.74 Å². The summed E-state index contributed by atoms with van der Waals surface area (Å²) < 4.78 is 7.26. The van der Waals surface area contributed by atoms with Crippen LogP contribution in [-0.4, -0.2) is 74.3 Å². The molecule has 0 spiro atoms. The highest BCUT2D eigenvalue weighted by molar-refractivity contribution is 5.83. The maximum Gasteiger partial charge on any atom is 0.240 e. The first-order chi connectivity index (χ1) is 17.3. The Morgan fingerprint density at radius 1 is 1.19 bits per heavy atom. The van der Waals surface area contributed by atoms with Crippen molar-refractivity contribution in [2.45, 2.75) is 45.2 Å². The predicted molar refractivity (Wildman–Crippen MR) is 139 cm³/mol. The summed E-state index contributed by atoms with van der Waals surface area (Å²) in [6.07, 6.45) is 4.37. The zero-order chi connectivity index (χ0) is 25.6. The Kier molecular flexibility index (Phi) is 6.26. The molecule has 1 saturated heterocycles. The molecule has 1 aromatic carbocycles. The SMILES string of the molecule is COc1cc(-c2n[nH]c(-c3ccc(C(C)N(C)C(=O)[C@@H]4CCN4C)cc3)c2C(C)C)cn2ncnc12. The number of pyridine rings is 1. The molecule has 36 heavy (non-hydrogen) atoms. The van der Waals surface area contributed by atoms with Crippen LogP contribution in [0.15, 0.2) is 42.9 Å². The van der Waals surface area contributed by atoms with Gasteiger partial charge in [-0.05, 0) is 43.5 Å². The molecular formula is C27H33N7O2. The molecule has 9 nitrogen and oxygen atoms in total. The van der Waals surface area contributed by atoms with Gasteiger partial charge in [-0.15, -0.1) is 0 Å². The second-order valence-corrected chi connectivity index (χ2v) is 9.87. The molecule has 1 unspecified atom stereocenters. The summed E-state index contributed by atoms with van der Waals surface area (Å²) in [4.78, 5) is 21.1. The molecule has 0 radical (unpaired) electrons. The summed E-state index contributed by atoms with van der Waals surface area (Å²) in [6.45, 7) is 7.39. The Morgan fingerprint density at radius 3 is 2.56 bits per heavy atom. The number of carbonyl (C=O) groups excluding carboxylic acids is 1. The maximum atomic E-state index is 12.9. The second kappa shape index (κ2) is 9.39. The van der Waals surface area contributed by atoms with Gasteiger partial charge in [0, 0.05) is 30.9 Å². The molecule has 9 heteroatoms.